The van der Waals surface area contributed by atoms with E-state index in [-0.39, 0.29) is 0 Å². The lowest BCUT2D eigenvalue weighted by Crippen LogP contribution is -2.50. The van der Waals surface area contributed by atoms with Gasteiger partial charge in [-0.25, -0.2) is 14.6 Å². The molecule has 38 heavy (non-hydrogen) atoms. The van der Waals surface area contributed by atoms with Gasteiger partial charge >= 0.3 is 24.3 Å². The van der Waals surface area contributed by atoms with Crippen molar-refractivity contribution in [1.82, 2.24) is 29.5 Å². The van der Waals surface area contributed by atoms with Crippen LogP contribution in [0, 0.1) is 6.92 Å². The van der Waals surface area contributed by atoms with E-state index in [1.165, 1.54) is 11.4 Å². The van der Waals surface area contributed by atoms with Crippen molar-refractivity contribution in [2.45, 2.75) is 44.8 Å². The van der Waals surface area contributed by atoms with Crippen LogP contribution >= 0.6 is 0 Å². The molecule has 2 aromatic heterocycles. The molecule has 1 saturated heterocycles. The minimum absolute atomic E-state index is 0.489. The number of ether oxygens (including phenoxy) is 1. The number of nitrogens with zero attached hydrogens (tertiary/aromatic N) is 5. The molecule has 11 nitrogen and oxygen atoms in total. The normalized spacial score (nSPS) is 18.5. The highest BCUT2D eigenvalue weighted by atomic mass is 19.4. The van der Waals surface area contributed by atoms with Crippen LogP contribution in [0.1, 0.15) is 22.8 Å². The Morgan fingerprint density at radius 2 is 1.66 bits per heavy atom. The fourth-order valence-corrected chi connectivity index (χ4v) is 3.78. The monoisotopic (exact) mass is 558 g/mol. The summed E-state index contributed by atoms with van der Waals surface area (Å²) in [6.07, 6.45) is -7.18. The Kier molecular flexibility index (Phi) is 10.7. The predicted octanol–water partition coefficient (Wildman–Crippen LogP) is 1.98. The molecule has 0 saturated carbocycles. The summed E-state index contributed by atoms with van der Waals surface area (Å²) in [7, 11) is 2.10. The van der Waals surface area contributed by atoms with Gasteiger partial charge in [0, 0.05) is 63.6 Å². The summed E-state index contributed by atoms with van der Waals surface area (Å²) in [6.45, 7) is 8.66. The molecule has 2 aromatic rings. The lowest BCUT2D eigenvalue weighted by Gasteiger charge is -2.39. The average molecular weight is 558 g/mol. The molecule has 17 heteroatoms. The van der Waals surface area contributed by atoms with E-state index in [4.69, 9.17) is 24.5 Å². The molecule has 2 aliphatic rings. The quantitative estimate of drug-likeness (QED) is 0.481. The number of rotatable bonds is 4. The second kappa shape index (κ2) is 13.1. The van der Waals surface area contributed by atoms with Crippen LogP contribution in [-0.2, 0) is 40.9 Å². The highest BCUT2D eigenvalue weighted by molar-refractivity contribution is 5.73. The summed E-state index contributed by atoms with van der Waals surface area (Å²) in [4.78, 5) is 27.4. The molecule has 214 valence electrons. The minimum atomic E-state index is -5.08. The highest BCUT2D eigenvalue weighted by Crippen LogP contribution is 2.24. The minimum Gasteiger partial charge on any atom is -0.475 e. The molecule has 3 N–H and O–H groups in total. The van der Waals surface area contributed by atoms with Crippen molar-refractivity contribution in [3.05, 3.63) is 35.2 Å². The number of fused-ring (bicyclic) bond motifs is 1. The first-order valence-electron chi connectivity index (χ1n) is 11.2. The van der Waals surface area contributed by atoms with E-state index in [2.05, 4.69) is 49.6 Å². The van der Waals surface area contributed by atoms with Crippen molar-refractivity contribution >= 4 is 11.9 Å². The zero-order valence-electron chi connectivity index (χ0n) is 20.5. The third-order valence-electron chi connectivity index (χ3n) is 5.63. The van der Waals surface area contributed by atoms with Crippen molar-refractivity contribution in [2.24, 2.45) is 7.05 Å². The van der Waals surface area contributed by atoms with Crippen molar-refractivity contribution in [1.29, 1.82) is 0 Å². The average Bonchev–Trinajstić information content (AvgIpc) is 3.39. The summed E-state index contributed by atoms with van der Waals surface area (Å²) in [5, 5.41) is 21.7. The molecule has 1 fully saturated rings. The maximum atomic E-state index is 10.6. The van der Waals surface area contributed by atoms with Crippen LogP contribution in [0.4, 0.5) is 26.3 Å². The maximum absolute atomic E-state index is 10.6. The van der Waals surface area contributed by atoms with Crippen LogP contribution in [0.25, 0.3) is 0 Å². The van der Waals surface area contributed by atoms with Crippen LogP contribution in [-0.4, -0.2) is 103 Å². The summed E-state index contributed by atoms with van der Waals surface area (Å²) in [5.74, 6) is -5.51. The fourth-order valence-electron chi connectivity index (χ4n) is 3.78. The van der Waals surface area contributed by atoms with E-state index < -0.39 is 24.3 Å². The number of hydrogen-bond acceptors (Lipinski definition) is 7. The summed E-state index contributed by atoms with van der Waals surface area (Å²) in [6, 6.07) is 2.63. The topological polar surface area (TPSA) is 137 Å². The van der Waals surface area contributed by atoms with E-state index >= 15 is 0 Å². The van der Waals surface area contributed by atoms with E-state index in [1.54, 1.807) is 0 Å². The molecule has 4 heterocycles. The predicted molar refractivity (Wildman–Crippen MR) is 118 cm³/mol. The van der Waals surface area contributed by atoms with Crippen LogP contribution in [0.15, 0.2) is 12.4 Å². The van der Waals surface area contributed by atoms with Gasteiger partial charge in [0.05, 0.1) is 30.9 Å². The second-order valence-corrected chi connectivity index (χ2v) is 8.57. The molecule has 4 rings (SSSR count). The number of halogens is 6. The number of carboxylic acid groups (broad SMARTS) is 2. The van der Waals surface area contributed by atoms with Crippen molar-refractivity contribution in [2.75, 3.05) is 32.8 Å². The first kappa shape index (κ1) is 31.0. The molecule has 0 aromatic carbocycles. The van der Waals surface area contributed by atoms with Gasteiger partial charge in [-0.1, -0.05) is 0 Å². The lowest BCUT2D eigenvalue weighted by atomic mass is 10.0. The maximum Gasteiger partial charge on any atom is 0.490 e. The molecule has 1 unspecified atom stereocenters. The third-order valence-corrected chi connectivity index (χ3v) is 5.63. The number of carboxylic acids is 2. The molecule has 2 aliphatic heterocycles. The van der Waals surface area contributed by atoms with E-state index in [9.17, 15) is 26.3 Å². The summed E-state index contributed by atoms with van der Waals surface area (Å²) >= 11 is 0. The van der Waals surface area contributed by atoms with Crippen LogP contribution in [0.2, 0.25) is 0 Å². The number of H-pyrrole nitrogens is 1. The molecule has 0 amide bonds. The number of aromatic nitrogens is 4. The molecule has 0 spiro atoms. The number of nitrogens with one attached hydrogen (secondary N) is 1. The van der Waals surface area contributed by atoms with Gasteiger partial charge in [0.15, 0.2) is 0 Å². The lowest BCUT2D eigenvalue weighted by molar-refractivity contribution is -0.193. The van der Waals surface area contributed by atoms with Crippen LogP contribution in [0.5, 0.6) is 0 Å². The Hall–Kier alpha value is -3.18. The largest absolute Gasteiger partial charge is 0.490 e. The number of hydrogen-bond donors (Lipinski definition) is 3. The molecule has 1 atom stereocenters. The van der Waals surface area contributed by atoms with Gasteiger partial charge in [0.25, 0.3) is 0 Å². The smallest absolute Gasteiger partial charge is 0.475 e. The number of aromatic amines is 1. The van der Waals surface area contributed by atoms with Gasteiger partial charge in [-0.3, -0.25) is 14.9 Å². The number of morpholine rings is 1. The third kappa shape index (κ3) is 9.60. The van der Waals surface area contributed by atoms with Gasteiger partial charge in [-0.15, -0.1) is 0 Å². The fraction of sp³-hybridized carbons (Fsp3) is 0.619. The van der Waals surface area contributed by atoms with Crippen molar-refractivity contribution < 1.29 is 50.9 Å². The molecule has 0 bridgehead atoms. The number of aryl methyl sites for hydroxylation is 2. The molecular weight excluding hydrogens is 530 g/mol. The van der Waals surface area contributed by atoms with Crippen LogP contribution in [0.3, 0.4) is 0 Å². The van der Waals surface area contributed by atoms with Crippen LogP contribution < -0.4 is 0 Å². The van der Waals surface area contributed by atoms with Gasteiger partial charge in [0.1, 0.15) is 0 Å². The second-order valence-electron chi connectivity index (χ2n) is 8.57. The zero-order chi connectivity index (χ0) is 28.7. The number of alkyl halides is 6. The Balaban J connectivity index is 0.000000301. The number of aliphatic carboxylic acids is 2. The first-order chi connectivity index (χ1) is 17.6. The molecule has 0 aliphatic carbocycles. The number of carbonyl (C=O) groups is 2. The van der Waals surface area contributed by atoms with Gasteiger partial charge < -0.3 is 19.5 Å². The van der Waals surface area contributed by atoms with Gasteiger partial charge in [-0.05, 0) is 13.0 Å². The molecule has 0 radical (unpaired) electrons. The summed E-state index contributed by atoms with van der Waals surface area (Å²) in [5.41, 5.74) is 4.81. The zero-order valence-corrected chi connectivity index (χ0v) is 20.5. The van der Waals surface area contributed by atoms with E-state index in [0.717, 1.165) is 63.7 Å². The SMILES string of the molecule is Cc1cc(CN2Cc3ncn(C)c3CC2CN2CCOCC2)n[nH]1.O=C(O)C(F)(F)F.O=C(O)C(F)(F)F. The van der Waals surface area contributed by atoms with Crippen molar-refractivity contribution in [3.8, 4) is 0 Å². The van der Waals surface area contributed by atoms with E-state index in [0.29, 0.717) is 6.04 Å². The van der Waals surface area contributed by atoms with Gasteiger partial charge in [-0.2, -0.15) is 31.4 Å². The Bertz CT molecular complexity index is 1040. The Labute approximate surface area is 213 Å². The summed E-state index contributed by atoms with van der Waals surface area (Å²) < 4.78 is 71.1. The Morgan fingerprint density at radius 3 is 2.13 bits per heavy atom. The standard InChI is InChI=1S/C17H26N6O.2C2HF3O2/c1-13-7-14(20-19-13)9-23-11-16-17(21(2)12-18-16)8-15(23)10-22-3-5-24-6-4-22;2*3-2(4,5)1(6)7/h7,12,15H,3-6,8-11H2,1-2H3,(H,19,20);2*(H,6,7). The number of imidazole rings is 1. The highest BCUT2D eigenvalue weighted by Gasteiger charge is 2.39. The first-order valence-corrected chi connectivity index (χ1v) is 11.2. The Morgan fingerprint density at radius 1 is 1.11 bits per heavy atom. The van der Waals surface area contributed by atoms with Gasteiger partial charge in [0.2, 0.25) is 0 Å². The molecular formula is C21H28F6N6O5. The van der Waals surface area contributed by atoms with E-state index in [1.807, 2.05) is 6.33 Å². The van der Waals surface area contributed by atoms with Crippen molar-refractivity contribution in [3.63, 3.8) is 0 Å².